The molecule has 1 aliphatic heterocycles. The van der Waals surface area contributed by atoms with Crippen LogP contribution in [0.5, 0.6) is 0 Å². The summed E-state index contributed by atoms with van der Waals surface area (Å²) >= 11 is 5.18. The number of fused-ring (bicyclic) bond motifs is 6. The first-order chi connectivity index (χ1) is 14.8. The average molecular weight is 467 g/mol. The molecule has 0 bridgehead atoms. The Kier molecular flexibility index (Phi) is 4.25. The normalized spacial score (nSPS) is 17.5. The average Bonchev–Trinajstić information content (AvgIpc) is 3.38. The first-order valence-electron chi connectivity index (χ1n) is 10.2. The van der Waals surface area contributed by atoms with Gasteiger partial charge in [0.1, 0.15) is 11.2 Å². The lowest BCUT2D eigenvalue weighted by molar-refractivity contribution is 0.248. The van der Waals surface area contributed by atoms with E-state index >= 15 is 0 Å². The van der Waals surface area contributed by atoms with Crippen molar-refractivity contribution in [2.45, 2.75) is 55.3 Å². The Morgan fingerprint density at radius 2 is 1.97 bits per heavy atom. The van der Waals surface area contributed by atoms with Gasteiger partial charge in [-0.05, 0) is 51.8 Å². The summed E-state index contributed by atoms with van der Waals surface area (Å²) in [6.07, 6.45) is 2.75. The lowest BCUT2D eigenvalue weighted by Gasteiger charge is -2.42. The largest absolute Gasteiger partial charge is 0.302 e. The number of hydrogen-bond donors (Lipinski definition) is 1. The van der Waals surface area contributed by atoms with Crippen LogP contribution in [0.3, 0.4) is 0 Å². The SMILES string of the molecule is CC1(C)Cc2c(sc3ncn4nc(CSc5nc6ccccc6s5)nc4c23)C(C)(C)N1. The van der Waals surface area contributed by atoms with Crippen molar-refractivity contribution in [1.29, 1.82) is 0 Å². The van der Waals surface area contributed by atoms with Crippen LogP contribution in [-0.2, 0) is 17.7 Å². The smallest absolute Gasteiger partial charge is 0.167 e. The number of aromatic nitrogens is 5. The summed E-state index contributed by atoms with van der Waals surface area (Å²) in [4.78, 5) is 16.8. The molecule has 0 amide bonds. The minimum atomic E-state index is -0.0923. The number of thiazole rings is 1. The molecule has 158 valence electrons. The topological polar surface area (TPSA) is 68.0 Å². The van der Waals surface area contributed by atoms with Crippen molar-refractivity contribution < 1.29 is 0 Å². The van der Waals surface area contributed by atoms with Crippen molar-refractivity contribution in [2.24, 2.45) is 0 Å². The van der Waals surface area contributed by atoms with Gasteiger partial charge in [-0.25, -0.2) is 19.5 Å². The molecular weight excluding hydrogens is 444 g/mol. The first-order valence-corrected chi connectivity index (χ1v) is 12.8. The number of benzene rings is 1. The molecule has 0 saturated heterocycles. The Balaban J connectivity index is 1.40. The minimum Gasteiger partial charge on any atom is -0.302 e. The van der Waals surface area contributed by atoms with Crippen molar-refractivity contribution in [2.75, 3.05) is 0 Å². The van der Waals surface area contributed by atoms with Crippen LogP contribution < -0.4 is 5.32 Å². The van der Waals surface area contributed by atoms with Crippen LogP contribution in [-0.4, -0.2) is 30.1 Å². The molecule has 31 heavy (non-hydrogen) atoms. The molecule has 0 unspecified atom stereocenters. The maximum Gasteiger partial charge on any atom is 0.167 e. The zero-order valence-corrected chi connectivity index (χ0v) is 20.2. The van der Waals surface area contributed by atoms with E-state index in [2.05, 4.69) is 51.2 Å². The molecule has 9 heteroatoms. The lowest BCUT2D eigenvalue weighted by Crippen LogP contribution is -2.54. The molecule has 1 aliphatic rings. The van der Waals surface area contributed by atoms with E-state index in [-0.39, 0.29) is 11.1 Å². The molecule has 1 aromatic carbocycles. The van der Waals surface area contributed by atoms with E-state index in [1.165, 1.54) is 15.1 Å². The number of rotatable bonds is 3. The number of nitrogens with one attached hydrogen (secondary N) is 1. The number of para-hydroxylation sites is 1. The van der Waals surface area contributed by atoms with Gasteiger partial charge in [0.15, 0.2) is 15.8 Å². The van der Waals surface area contributed by atoms with Crippen LogP contribution in [0, 0.1) is 0 Å². The Morgan fingerprint density at radius 3 is 2.81 bits per heavy atom. The molecular formula is C22H22N6S3. The van der Waals surface area contributed by atoms with Crippen LogP contribution in [0.25, 0.3) is 26.1 Å². The zero-order valence-electron chi connectivity index (χ0n) is 17.8. The van der Waals surface area contributed by atoms with E-state index in [4.69, 9.17) is 20.1 Å². The highest BCUT2D eigenvalue weighted by Crippen LogP contribution is 2.44. The fraction of sp³-hybridized carbons (Fsp3) is 0.364. The lowest BCUT2D eigenvalue weighted by atomic mass is 9.82. The molecule has 4 aromatic heterocycles. The van der Waals surface area contributed by atoms with Crippen molar-refractivity contribution in [3.8, 4) is 0 Å². The summed E-state index contributed by atoms with van der Waals surface area (Å²) in [5.74, 6) is 1.50. The predicted molar refractivity (Wildman–Crippen MR) is 129 cm³/mol. The van der Waals surface area contributed by atoms with E-state index in [9.17, 15) is 0 Å². The number of thioether (sulfide) groups is 1. The van der Waals surface area contributed by atoms with Crippen molar-refractivity contribution in [3.05, 3.63) is 46.9 Å². The fourth-order valence-corrected chi connectivity index (χ4v) is 7.79. The van der Waals surface area contributed by atoms with E-state index in [0.717, 1.165) is 38.0 Å². The second kappa shape index (κ2) is 6.71. The number of nitrogens with zero attached hydrogens (tertiary/aromatic N) is 5. The Labute approximate surface area is 192 Å². The van der Waals surface area contributed by atoms with Gasteiger partial charge in [0, 0.05) is 16.0 Å². The molecule has 0 fully saturated rings. The fourth-order valence-electron chi connectivity index (χ4n) is 4.66. The van der Waals surface area contributed by atoms with E-state index < -0.39 is 0 Å². The molecule has 6 nitrogen and oxygen atoms in total. The quantitative estimate of drug-likeness (QED) is 0.359. The van der Waals surface area contributed by atoms with Crippen LogP contribution in [0.15, 0.2) is 34.9 Å². The molecule has 6 rings (SSSR count). The number of hydrogen-bond acceptors (Lipinski definition) is 8. The second-order valence-corrected chi connectivity index (χ2v) is 12.4. The Morgan fingerprint density at radius 1 is 1.13 bits per heavy atom. The molecule has 0 aliphatic carbocycles. The summed E-state index contributed by atoms with van der Waals surface area (Å²) < 4.78 is 4.10. The predicted octanol–water partition coefficient (Wildman–Crippen LogP) is 5.40. The van der Waals surface area contributed by atoms with Gasteiger partial charge in [0.25, 0.3) is 0 Å². The van der Waals surface area contributed by atoms with Crippen LogP contribution in [0.2, 0.25) is 0 Å². The molecule has 0 atom stereocenters. The molecule has 5 aromatic rings. The summed E-state index contributed by atoms with van der Waals surface area (Å²) in [7, 11) is 0. The molecule has 0 saturated carbocycles. The van der Waals surface area contributed by atoms with Gasteiger partial charge in [0.05, 0.1) is 21.4 Å². The van der Waals surface area contributed by atoms with E-state index in [1.807, 2.05) is 10.6 Å². The standard InChI is InChI=1S/C22H22N6S3/c1-21(2)9-12-16-18-25-15(10-29-20-24-13-7-5-6-8-14(13)30-20)26-28(18)11-23-19(16)31-17(12)22(3,4)27-21/h5-8,11,27H,9-10H2,1-4H3. The van der Waals surface area contributed by atoms with Gasteiger partial charge in [-0.2, -0.15) is 0 Å². The third-order valence-electron chi connectivity index (χ3n) is 5.61. The van der Waals surface area contributed by atoms with Gasteiger partial charge in [-0.1, -0.05) is 23.9 Å². The monoisotopic (exact) mass is 466 g/mol. The van der Waals surface area contributed by atoms with Crippen molar-refractivity contribution >= 4 is 60.5 Å². The van der Waals surface area contributed by atoms with Gasteiger partial charge in [-0.3, -0.25) is 0 Å². The number of thiophene rings is 1. The highest BCUT2D eigenvalue weighted by Gasteiger charge is 2.39. The molecule has 0 spiro atoms. The van der Waals surface area contributed by atoms with Gasteiger partial charge < -0.3 is 5.32 Å². The maximum atomic E-state index is 4.94. The van der Waals surface area contributed by atoms with Crippen molar-refractivity contribution in [3.63, 3.8) is 0 Å². The minimum absolute atomic E-state index is 0.0168. The Bertz CT molecular complexity index is 1430. The highest BCUT2D eigenvalue weighted by atomic mass is 32.2. The summed E-state index contributed by atoms with van der Waals surface area (Å²) in [6.45, 7) is 9.03. The summed E-state index contributed by atoms with van der Waals surface area (Å²) in [6, 6.07) is 8.24. The third-order valence-corrected chi connectivity index (χ3v) is 9.25. The van der Waals surface area contributed by atoms with E-state index in [0.29, 0.717) is 5.75 Å². The molecule has 0 radical (unpaired) electrons. The third kappa shape index (κ3) is 3.26. The highest BCUT2D eigenvalue weighted by molar-refractivity contribution is 8.00. The Hall–Kier alpha value is -2.07. The molecule has 5 heterocycles. The summed E-state index contributed by atoms with van der Waals surface area (Å²) in [5, 5.41) is 9.66. The zero-order chi connectivity index (χ0) is 21.4. The second-order valence-electron chi connectivity index (χ2n) is 9.18. The van der Waals surface area contributed by atoms with Crippen LogP contribution in [0.4, 0.5) is 0 Å². The first kappa shape index (κ1) is 19.6. The maximum absolute atomic E-state index is 4.94. The van der Waals surface area contributed by atoms with Crippen LogP contribution in [0.1, 0.15) is 44.0 Å². The van der Waals surface area contributed by atoms with Gasteiger partial charge >= 0.3 is 0 Å². The van der Waals surface area contributed by atoms with Crippen molar-refractivity contribution in [1.82, 2.24) is 29.9 Å². The summed E-state index contributed by atoms with van der Waals surface area (Å²) in [5.41, 5.74) is 3.25. The van der Waals surface area contributed by atoms with E-state index in [1.54, 1.807) is 40.8 Å². The van der Waals surface area contributed by atoms with Gasteiger partial charge in [0.2, 0.25) is 0 Å². The molecule has 1 N–H and O–H groups in total. The van der Waals surface area contributed by atoms with Gasteiger partial charge in [-0.15, -0.1) is 27.8 Å². The van der Waals surface area contributed by atoms with Crippen LogP contribution >= 0.6 is 34.4 Å².